The van der Waals surface area contributed by atoms with Gasteiger partial charge in [-0.15, -0.1) is 0 Å². The van der Waals surface area contributed by atoms with Crippen molar-refractivity contribution in [2.45, 2.75) is 62.8 Å². The highest BCUT2D eigenvalue weighted by atomic mass is 14.7. The molecule has 2 aliphatic rings. The van der Waals surface area contributed by atoms with Gasteiger partial charge < -0.3 is 5.73 Å². The van der Waals surface area contributed by atoms with Gasteiger partial charge in [0, 0.05) is 11.5 Å². The lowest BCUT2D eigenvalue weighted by Crippen LogP contribution is -2.41. The van der Waals surface area contributed by atoms with Crippen molar-refractivity contribution in [2.75, 3.05) is 0 Å². The van der Waals surface area contributed by atoms with Crippen LogP contribution in [0.3, 0.4) is 0 Å². The Morgan fingerprint density at radius 2 is 1.71 bits per heavy atom. The number of benzene rings is 1. The zero-order valence-electron chi connectivity index (χ0n) is 10.8. The maximum Gasteiger partial charge on any atom is 0.0108 e. The van der Waals surface area contributed by atoms with Crippen molar-refractivity contribution in [1.82, 2.24) is 0 Å². The van der Waals surface area contributed by atoms with Crippen LogP contribution in [0.2, 0.25) is 0 Å². The zero-order valence-corrected chi connectivity index (χ0v) is 10.8. The first-order valence-corrected chi connectivity index (χ1v) is 7.08. The molecular weight excluding hydrogens is 206 g/mol. The first-order chi connectivity index (χ1) is 8.22. The molecule has 1 nitrogen and oxygen atoms in total. The van der Waals surface area contributed by atoms with Gasteiger partial charge in [0.2, 0.25) is 0 Å². The van der Waals surface area contributed by atoms with Crippen LogP contribution in [0.4, 0.5) is 0 Å². The molecule has 2 fully saturated rings. The van der Waals surface area contributed by atoms with E-state index in [9.17, 15) is 0 Å². The Balaban J connectivity index is 1.90. The molecule has 2 N–H and O–H groups in total. The van der Waals surface area contributed by atoms with E-state index in [2.05, 4.69) is 31.2 Å². The van der Waals surface area contributed by atoms with E-state index in [1.807, 2.05) is 0 Å². The maximum absolute atomic E-state index is 6.27. The topological polar surface area (TPSA) is 26.0 Å². The van der Waals surface area contributed by atoms with Crippen molar-refractivity contribution >= 4 is 0 Å². The molecule has 2 aliphatic carbocycles. The summed E-state index contributed by atoms with van der Waals surface area (Å²) in [6.07, 6.45) is 7.99. The van der Waals surface area contributed by atoms with Crippen molar-refractivity contribution in [3.8, 4) is 0 Å². The van der Waals surface area contributed by atoms with Gasteiger partial charge in [-0.2, -0.15) is 0 Å². The average molecular weight is 229 g/mol. The third-order valence-electron chi connectivity index (χ3n) is 4.90. The molecule has 0 heterocycles. The lowest BCUT2D eigenvalue weighted by molar-refractivity contribution is 0.368. The fraction of sp³-hybridized carbons (Fsp3) is 0.625. The van der Waals surface area contributed by atoms with Gasteiger partial charge in [-0.05, 0) is 49.7 Å². The van der Waals surface area contributed by atoms with Gasteiger partial charge in [-0.3, -0.25) is 0 Å². The van der Waals surface area contributed by atoms with Crippen molar-refractivity contribution < 1.29 is 0 Å². The van der Waals surface area contributed by atoms with Crippen molar-refractivity contribution in [2.24, 2.45) is 5.73 Å². The molecule has 0 aliphatic heterocycles. The smallest absolute Gasteiger partial charge is 0.0108 e. The molecule has 0 spiro atoms. The molecule has 0 bridgehead atoms. The van der Waals surface area contributed by atoms with Gasteiger partial charge in [0.1, 0.15) is 0 Å². The third-order valence-corrected chi connectivity index (χ3v) is 4.90. The molecule has 17 heavy (non-hydrogen) atoms. The van der Waals surface area contributed by atoms with Crippen LogP contribution in [-0.4, -0.2) is 6.04 Å². The summed E-state index contributed by atoms with van der Waals surface area (Å²) in [7, 11) is 0. The van der Waals surface area contributed by atoms with Gasteiger partial charge in [0.05, 0.1) is 0 Å². The van der Waals surface area contributed by atoms with E-state index >= 15 is 0 Å². The maximum atomic E-state index is 6.27. The minimum absolute atomic E-state index is 0.266. The Morgan fingerprint density at radius 3 is 2.18 bits per heavy atom. The molecular formula is C16H23N. The second-order valence-electron chi connectivity index (χ2n) is 6.05. The zero-order chi connectivity index (χ0) is 11.9. The highest BCUT2D eigenvalue weighted by Gasteiger charge is 2.39. The summed E-state index contributed by atoms with van der Waals surface area (Å²) in [4.78, 5) is 0. The Kier molecular flexibility index (Phi) is 2.74. The molecule has 0 radical (unpaired) electrons. The van der Waals surface area contributed by atoms with E-state index in [1.165, 1.54) is 49.7 Å². The number of hydrogen-bond donors (Lipinski definition) is 1. The summed E-state index contributed by atoms with van der Waals surface area (Å²) in [5.41, 5.74) is 9.56. The quantitative estimate of drug-likeness (QED) is 0.840. The molecule has 1 atom stereocenters. The van der Waals surface area contributed by atoms with Crippen molar-refractivity contribution in [3.63, 3.8) is 0 Å². The molecule has 0 aromatic heterocycles. The first kappa shape index (κ1) is 11.3. The third kappa shape index (κ3) is 1.91. The molecule has 1 aromatic rings. The summed E-state index contributed by atoms with van der Waals surface area (Å²) >= 11 is 0. The van der Waals surface area contributed by atoms with Gasteiger partial charge in [-0.1, -0.05) is 37.1 Å². The predicted molar refractivity (Wildman–Crippen MR) is 72.2 cm³/mol. The van der Waals surface area contributed by atoms with Gasteiger partial charge in [0.15, 0.2) is 0 Å². The standard InChI is InChI=1S/C16H23N/c1-12(17)16(10-2-3-11-16)15-8-6-14(7-9-15)13-4-5-13/h6-9,12-13H,2-5,10-11,17H2,1H3. The molecule has 3 rings (SSSR count). The highest BCUT2D eigenvalue weighted by molar-refractivity contribution is 5.34. The summed E-state index contributed by atoms with van der Waals surface area (Å²) in [6.45, 7) is 2.18. The monoisotopic (exact) mass is 229 g/mol. The van der Waals surface area contributed by atoms with Crippen LogP contribution < -0.4 is 5.73 Å². The van der Waals surface area contributed by atoms with Crippen molar-refractivity contribution in [3.05, 3.63) is 35.4 Å². The van der Waals surface area contributed by atoms with Crippen LogP contribution in [-0.2, 0) is 5.41 Å². The van der Waals surface area contributed by atoms with Crippen LogP contribution in [0, 0.1) is 0 Å². The van der Waals surface area contributed by atoms with E-state index in [-0.39, 0.29) is 11.5 Å². The second-order valence-corrected chi connectivity index (χ2v) is 6.05. The predicted octanol–water partition coefficient (Wildman–Crippen LogP) is 3.72. The normalized spacial score (nSPS) is 24.8. The first-order valence-electron chi connectivity index (χ1n) is 7.08. The number of rotatable bonds is 3. The van der Waals surface area contributed by atoms with Crippen LogP contribution in [0.15, 0.2) is 24.3 Å². The molecule has 0 saturated heterocycles. The molecule has 2 saturated carbocycles. The average Bonchev–Trinajstić information content (AvgIpc) is 3.06. The van der Waals surface area contributed by atoms with Crippen LogP contribution >= 0.6 is 0 Å². The van der Waals surface area contributed by atoms with Crippen LogP contribution in [0.25, 0.3) is 0 Å². The lowest BCUT2D eigenvalue weighted by Gasteiger charge is -2.34. The molecule has 0 amide bonds. The second kappa shape index (κ2) is 4.13. The minimum atomic E-state index is 0.266. The highest BCUT2D eigenvalue weighted by Crippen LogP contribution is 2.45. The Labute approximate surface area is 104 Å². The van der Waals surface area contributed by atoms with E-state index in [0.717, 1.165) is 5.92 Å². The largest absolute Gasteiger partial charge is 0.327 e. The minimum Gasteiger partial charge on any atom is -0.327 e. The van der Waals surface area contributed by atoms with E-state index in [1.54, 1.807) is 0 Å². The van der Waals surface area contributed by atoms with E-state index in [0.29, 0.717) is 0 Å². The lowest BCUT2D eigenvalue weighted by atomic mass is 9.73. The van der Waals surface area contributed by atoms with E-state index in [4.69, 9.17) is 5.73 Å². The summed E-state index contributed by atoms with van der Waals surface area (Å²) < 4.78 is 0. The molecule has 1 unspecified atom stereocenters. The fourth-order valence-electron chi connectivity index (χ4n) is 3.52. The number of hydrogen-bond acceptors (Lipinski definition) is 1. The van der Waals surface area contributed by atoms with Gasteiger partial charge >= 0.3 is 0 Å². The molecule has 92 valence electrons. The fourth-order valence-corrected chi connectivity index (χ4v) is 3.52. The van der Waals surface area contributed by atoms with Gasteiger partial charge in [0.25, 0.3) is 0 Å². The van der Waals surface area contributed by atoms with Crippen molar-refractivity contribution in [1.29, 1.82) is 0 Å². The summed E-state index contributed by atoms with van der Waals surface area (Å²) in [6, 6.07) is 9.66. The Bertz CT molecular complexity index is 380. The molecule has 1 heteroatoms. The van der Waals surface area contributed by atoms with Crippen LogP contribution in [0.1, 0.15) is 62.5 Å². The summed E-state index contributed by atoms with van der Waals surface area (Å²) in [5, 5.41) is 0. The SMILES string of the molecule is CC(N)C1(c2ccc(C3CC3)cc2)CCCC1. The Hall–Kier alpha value is -0.820. The van der Waals surface area contributed by atoms with Gasteiger partial charge in [-0.25, -0.2) is 0 Å². The van der Waals surface area contributed by atoms with E-state index < -0.39 is 0 Å². The Morgan fingerprint density at radius 1 is 1.12 bits per heavy atom. The number of nitrogens with two attached hydrogens (primary N) is 1. The molecule has 1 aromatic carbocycles. The van der Waals surface area contributed by atoms with Crippen LogP contribution in [0.5, 0.6) is 0 Å². The summed E-state index contributed by atoms with van der Waals surface area (Å²) in [5.74, 6) is 0.860.